The molecule has 1 aliphatic heterocycles. The van der Waals surface area contributed by atoms with Crippen LogP contribution in [0.25, 0.3) is 0 Å². The molecule has 3 heteroatoms. The number of nitrogens with two attached hydrogens (primary N) is 1. The highest BCUT2D eigenvalue weighted by molar-refractivity contribution is 4.85. The number of ether oxygens (including phenoxy) is 1. The smallest absolute Gasteiger partial charge is 0.0638 e. The van der Waals surface area contributed by atoms with Crippen LogP contribution in [0, 0.1) is 0 Å². The molecule has 0 aromatic carbocycles. The number of nitrogens with zero attached hydrogens (tertiary/aromatic N) is 1. The van der Waals surface area contributed by atoms with Gasteiger partial charge in [-0.1, -0.05) is 6.42 Å². The van der Waals surface area contributed by atoms with E-state index in [0.29, 0.717) is 12.1 Å². The van der Waals surface area contributed by atoms with E-state index in [2.05, 4.69) is 25.7 Å². The quantitative estimate of drug-likeness (QED) is 0.782. The van der Waals surface area contributed by atoms with Crippen LogP contribution in [0.4, 0.5) is 0 Å². The molecule has 0 bridgehead atoms. The third-order valence-electron chi connectivity index (χ3n) is 3.88. The predicted octanol–water partition coefficient (Wildman–Crippen LogP) is 2.00. The van der Waals surface area contributed by atoms with Crippen LogP contribution in [0.15, 0.2) is 0 Å². The maximum Gasteiger partial charge on any atom is 0.0638 e. The van der Waals surface area contributed by atoms with Gasteiger partial charge in [0.05, 0.1) is 5.60 Å². The van der Waals surface area contributed by atoms with Crippen LogP contribution in [0.3, 0.4) is 0 Å². The number of hydrogen-bond acceptors (Lipinski definition) is 3. The number of hydrogen-bond donors (Lipinski definition) is 1. The van der Waals surface area contributed by atoms with E-state index in [1.165, 1.54) is 25.8 Å². The molecule has 0 radical (unpaired) electrons. The van der Waals surface area contributed by atoms with Crippen molar-refractivity contribution in [2.75, 3.05) is 20.2 Å². The summed E-state index contributed by atoms with van der Waals surface area (Å²) < 4.78 is 5.51. The van der Waals surface area contributed by atoms with Crippen molar-refractivity contribution in [2.24, 2.45) is 5.73 Å². The molecule has 1 aliphatic rings. The Morgan fingerprint density at radius 3 is 2.62 bits per heavy atom. The lowest BCUT2D eigenvalue weighted by Crippen LogP contribution is -2.51. The number of rotatable bonds is 5. The fourth-order valence-corrected chi connectivity index (χ4v) is 2.65. The monoisotopic (exact) mass is 228 g/mol. The maximum atomic E-state index is 5.93. The summed E-state index contributed by atoms with van der Waals surface area (Å²) in [5, 5.41) is 0. The Balaban J connectivity index is 2.58. The SMILES string of the molecule is COC(C)(C)CC(CN)N1CCCCC1C. The van der Waals surface area contributed by atoms with Crippen LogP contribution in [0.1, 0.15) is 46.5 Å². The van der Waals surface area contributed by atoms with Gasteiger partial charge in [0.25, 0.3) is 0 Å². The lowest BCUT2D eigenvalue weighted by molar-refractivity contribution is -0.0175. The van der Waals surface area contributed by atoms with E-state index >= 15 is 0 Å². The van der Waals surface area contributed by atoms with Gasteiger partial charge in [0.1, 0.15) is 0 Å². The van der Waals surface area contributed by atoms with Gasteiger partial charge in [-0.05, 0) is 46.6 Å². The molecule has 1 rings (SSSR count). The Morgan fingerprint density at radius 2 is 2.12 bits per heavy atom. The molecule has 3 nitrogen and oxygen atoms in total. The van der Waals surface area contributed by atoms with Crippen LogP contribution in [0.5, 0.6) is 0 Å². The minimum absolute atomic E-state index is 0.0683. The van der Waals surface area contributed by atoms with Gasteiger partial charge in [-0.3, -0.25) is 4.90 Å². The van der Waals surface area contributed by atoms with Crippen molar-refractivity contribution in [3.63, 3.8) is 0 Å². The third kappa shape index (κ3) is 3.72. The molecule has 2 atom stereocenters. The van der Waals surface area contributed by atoms with Crippen molar-refractivity contribution < 1.29 is 4.74 Å². The standard InChI is InChI=1S/C13H28N2O/c1-11-7-5-6-8-15(11)12(10-14)9-13(2,3)16-4/h11-12H,5-10,14H2,1-4H3. The Labute approximate surface area is 100 Å². The summed E-state index contributed by atoms with van der Waals surface area (Å²) in [5.74, 6) is 0. The fourth-order valence-electron chi connectivity index (χ4n) is 2.65. The van der Waals surface area contributed by atoms with E-state index < -0.39 is 0 Å². The Bertz CT molecular complexity index is 206. The molecule has 0 aromatic rings. The molecule has 2 unspecified atom stereocenters. The molecular formula is C13H28N2O. The Kier molecular flexibility index (Phi) is 5.22. The second-order valence-electron chi connectivity index (χ2n) is 5.64. The fraction of sp³-hybridized carbons (Fsp3) is 1.00. The van der Waals surface area contributed by atoms with Crippen molar-refractivity contribution in [3.05, 3.63) is 0 Å². The average Bonchev–Trinajstić information content (AvgIpc) is 2.27. The first-order valence-electron chi connectivity index (χ1n) is 6.51. The van der Waals surface area contributed by atoms with Gasteiger partial charge in [0, 0.05) is 25.7 Å². The van der Waals surface area contributed by atoms with Gasteiger partial charge in [-0.15, -0.1) is 0 Å². The van der Waals surface area contributed by atoms with Crippen molar-refractivity contribution >= 4 is 0 Å². The predicted molar refractivity (Wildman–Crippen MR) is 68.6 cm³/mol. The highest BCUT2D eigenvalue weighted by Gasteiger charge is 2.30. The highest BCUT2D eigenvalue weighted by atomic mass is 16.5. The van der Waals surface area contributed by atoms with Crippen LogP contribution in [-0.4, -0.2) is 42.8 Å². The Morgan fingerprint density at radius 1 is 1.44 bits per heavy atom. The summed E-state index contributed by atoms with van der Waals surface area (Å²) in [6.07, 6.45) is 5.01. The molecule has 1 saturated heterocycles. The van der Waals surface area contributed by atoms with Gasteiger partial charge in [-0.2, -0.15) is 0 Å². The highest BCUT2D eigenvalue weighted by Crippen LogP contribution is 2.24. The molecule has 1 heterocycles. The maximum absolute atomic E-state index is 5.93. The molecule has 0 aromatic heterocycles. The van der Waals surface area contributed by atoms with E-state index in [-0.39, 0.29) is 5.60 Å². The van der Waals surface area contributed by atoms with E-state index in [0.717, 1.165) is 13.0 Å². The van der Waals surface area contributed by atoms with Gasteiger partial charge < -0.3 is 10.5 Å². The molecular weight excluding hydrogens is 200 g/mol. The molecule has 16 heavy (non-hydrogen) atoms. The van der Waals surface area contributed by atoms with Gasteiger partial charge >= 0.3 is 0 Å². The first-order valence-corrected chi connectivity index (χ1v) is 6.51. The van der Waals surface area contributed by atoms with Crippen LogP contribution >= 0.6 is 0 Å². The summed E-state index contributed by atoms with van der Waals surface area (Å²) in [5.41, 5.74) is 5.86. The third-order valence-corrected chi connectivity index (χ3v) is 3.88. The van der Waals surface area contributed by atoms with E-state index in [4.69, 9.17) is 10.5 Å². The largest absolute Gasteiger partial charge is 0.379 e. The van der Waals surface area contributed by atoms with Crippen molar-refractivity contribution in [1.29, 1.82) is 0 Å². The van der Waals surface area contributed by atoms with Crippen molar-refractivity contribution in [3.8, 4) is 0 Å². The normalized spacial score (nSPS) is 25.7. The second kappa shape index (κ2) is 5.99. The minimum atomic E-state index is -0.0683. The van der Waals surface area contributed by atoms with E-state index in [1.54, 1.807) is 7.11 Å². The van der Waals surface area contributed by atoms with Crippen LogP contribution in [-0.2, 0) is 4.74 Å². The number of likely N-dealkylation sites (tertiary alicyclic amines) is 1. The molecule has 1 fully saturated rings. The van der Waals surface area contributed by atoms with E-state index in [1.807, 2.05) is 0 Å². The summed E-state index contributed by atoms with van der Waals surface area (Å²) in [6.45, 7) is 8.54. The lowest BCUT2D eigenvalue weighted by atomic mass is 9.93. The topological polar surface area (TPSA) is 38.5 Å². The Hall–Kier alpha value is -0.120. The zero-order valence-corrected chi connectivity index (χ0v) is 11.3. The van der Waals surface area contributed by atoms with Gasteiger partial charge in [0.2, 0.25) is 0 Å². The van der Waals surface area contributed by atoms with Gasteiger partial charge in [0.15, 0.2) is 0 Å². The molecule has 96 valence electrons. The van der Waals surface area contributed by atoms with Crippen molar-refractivity contribution in [2.45, 2.75) is 64.1 Å². The van der Waals surface area contributed by atoms with Crippen molar-refractivity contribution in [1.82, 2.24) is 4.90 Å². The first kappa shape index (κ1) is 13.9. The molecule has 0 amide bonds. The first-order chi connectivity index (χ1) is 7.50. The van der Waals surface area contributed by atoms with E-state index in [9.17, 15) is 0 Å². The van der Waals surface area contributed by atoms with Crippen LogP contribution < -0.4 is 5.73 Å². The lowest BCUT2D eigenvalue weighted by Gasteiger charge is -2.41. The molecule has 0 aliphatic carbocycles. The molecule has 2 N–H and O–H groups in total. The summed E-state index contributed by atoms with van der Waals surface area (Å²) in [6, 6.07) is 1.14. The van der Waals surface area contributed by atoms with Gasteiger partial charge in [-0.25, -0.2) is 0 Å². The summed E-state index contributed by atoms with van der Waals surface area (Å²) in [7, 11) is 1.78. The minimum Gasteiger partial charge on any atom is -0.379 e. The van der Waals surface area contributed by atoms with Crippen LogP contribution in [0.2, 0.25) is 0 Å². The molecule has 0 saturated carbocycles. The molecule has 0 spiro atoms. The summed E-state index contributed by atoms with van der Waals surface area (Å²) >= 11 is 0. The number of piperidine rings is 1. The average molecular weight is 228 g/mol. The zero-order valence-electron chi connectivity index (χ0n) is 11.3. The summed E-state index contributed by atoms with van der Waals surface area (Å²) in [4.78, 5) is 2.57. The second-order valence-corrected chi connectivity index (χ2v) is 5.64. The zero-order chi connectivity index (χ0) is 12.2. The number of methoxy groups -OCH3 is 1.